The first-order valence-electron chi connectivity index (χ1n) is 11.3. The molecule has 6 heterocycles. The van der Waals surface area contributed by atoms with Gasteiger partial charge in [-0.1, -0.05) is 0 Å². The van der Waals surface area contributed by atoms with E-state index in [4.69, 9.17) is 4.42 Å². The summed E-state index contributed by atoms with van der Waals surface area (Å²) in [5.74, 6) is -0.109. The maximum Gasteiger partial charge on any atom is 0.238 e. The third kappa shape index (κ3) is 3.99. The zero-order chi connectivity index (χ0) is 24.6. The summed E-state index contributed by atoms with van der Waals surface area (Å²) in [6.45, 7) is 0.287. The van der Waals surface area contributed by atoms with E-state index in [0.29, 0.717) is 5.69 Å². The van der Waals surface area contributed by atoms with Crippen LogP contribution in [0.5, 0.6) is 0 Å². The molecule has 36 heavy (non-hydrogen) atoms. The van der Waals surface area contributed by atoms with E-state index in [1.165, 1.54) is 0 Å². The molecule has 3 N–H and O–H groups in total. The fourth-order valence-electron chi connectivity index (χ4n) is 4.24. The number of anilines is 1. The largest absolute Gasteiger partial charge is 0.472 e. The molecular formula is C26H22N8O2. The summed E-state index contributed by atoms with van der Waals surface area (Å²) in [5.41, 5.74) is 7.40. The lowest BCUT2D eigenvalue weighted by Gasteiger charge is -2.10. The van der Waals surface area contributed by atoms with Gasteiger partial charge in [0.2, 0.25) is 5.91 Å². The van der Waals surface area contributed by atoms with Crippen LogP contribution in [0.15, 0.2) is 72.2 Å². The van der Waals surface area contributed by atoms with Gasteiger partial charge in [-0.2, -0.15) is 5.10 Å². The zero-order valence-electron chi connectivity index (χ0n) is 19.6. The minimum atomic E-state index is -0.109. The molecule has 0 radical (unpaired) electrons. The van der Waals surface area contributed by atoms with Gasteiger partial charge in [0.1, 0.15) is 5.69 Å². The van der Waals surface area contributed by atoms with Gasteiger partial charge in [-0.15, -0.1) is 0 Å². The van der Waals surface area contributed by atoms with Gasteiger partial charge in [0.15, 0.2) is 0 Å². The normalized spacial score (nSPS) is 11.5. The maximum atomic E-state index is 12.2. The first kappa shape index (κ1) is 21.7. The predicted octanol–water partition coefficient (Wildman–Crippen LogP) is 4.32. The van der Waals surface area contributed by atoms with Gasteiger partial charge in [-0.05, 0) is 38.4 Å². The van der Waals surface area contributed by atoms with Gasteiger partial charge in [0.05, 0.1) is 65.8 Å². The maximum absolute atomic E-state index is 12.2. The van der Waals surface area contributed by atoms with Crippen molar-refractivity contribution in [1.82, 2.24) is 35.0 Å². The highest BCUT2D eigenvalue weighted by molar-refractivity contribution is 6.01. The van der Waals surface area contributed by atoms with E-state index in [2.05, 4.69) is 41.5 Å². The SMILES string of the molecule is CN(C)CC(=O)Nc1cncc(-c2cc3c(-c4cc5c(-c6ccoc6)cncc5[nH]4)n[nH]c3cn2)c1. The van der Waals surface area contributed by atoms with Crippen LogP contribution in [0.3, 0.4) is 0 Å². The smallest absolute Gasteiger partial charge is 0.238 e. The monoisotopic (exact) mass is 478 g/mol. The summed E-state index contributed by atoms with van der Waals surface area (Å²) >= 11 is 0. The third-order valence-electron chi connectivity index (χ3n) is 5.86. The number of rotatable bonds is 6. The number of amides is 1. The summed E-state index contributed by atoms with van der Waals surface area (Å²) in [4.78, 5) is 30.7. The Kier molecular flexibility index (Phi) is 5.27. The Morgan fingerprint density at radius 3 is 2.72 bits per heavy atom. The number of pyridine rings is 3. The standard InChI is InChI=1S/C26H22N8O2/c1-34(2)13-25(35)30-17-5-16(8-27-9-17)21-7-19-24(12-29-21)32-33-26(19)22-6-18-20(15-3-4-36-14-15)10-28-11-23(18)31-22/h3-12,14,31H,13H2,1-2H3,(H,30,35)(H,32,33). The molecule has 0 fully saturated rings. The molecule has 0 atom stereocenters. The fourth-order valence-corrected chi connectivity index (χ4v) is 4.24. The highest BCUT2D eigenvalue weighted by atomic mass is 16.3. The van der Waals surface area contributed by atoms with Crippen LogP contribution in [-0.4, -0.2) is 61.6 Å². The zero-order valence-corrected chi connectivity index (χ0v) is 19.6. The minimum Gasteiger partial charge on any atom is -0.472 e. The summed E-state index contributed by atoms with van der Waals surface area (Å²) in [6.07, 6.45) is 12.1. The molecule has 10 nitrogen and oxygen atoms in total. The molecule has 10 heteroatoms. The Bertz CT molecular complexity index is 1700. The summed E-state index contributed by atoms with van der Waals surface area (Å²) in [7, 11) is 3.69. The van der Waals surface area contributed by atoms with E-state index in [0.717, 1.165) is 55.6 Å². The summed E-state index contributed by atoms with van der Waals surface area (Å²) < 4.78 is 5.26. The molecule has 0 aliphatic carbocycles. The molecule has 0 aliphatic rings. The van der Waals surface area contributed by atoms with Crippen molar-refractivity contribution in [2.75, 3.05) is 26.0 Å². The molecule has 1 amide bonds. The molecule has 6 rings (SSSR count). The molecule has 0 aromatic carbocycles. The first-order valence-corrected chi connectivity index (χ1v) is 11.3. The molecule has 6 aromatic heterocycles. The summed E-state index contributed by atoms with van der Waals surface area (Å²) in [5, 5.41) is 12.4. The van der Waals surface area contributed by atoms with Crippen LogP contribution in [0.4, 0.5) is 5.69 Å². The van der Waals surface area contributed by atoms with Crippen molar-refractivity contribution in [3.63, 3.8) is 0 Å². The Balaban J connectivity index is 1.38. The van der Waals surface area contributed by atoms with Gasteiger partial charge in [0, 0.05) is 39.9 Å². The predicted molar refractivity (Wildman–Crippen MR) is 137 cm³/mol. The molecule has 0 spiro atoms. The molecule has 0 bridgehead atoms. The van der Waals surface area contributed by atoms with E-state index < -0.39 is 0 Å². The van der Waals surface area contributed by atoms with Crippen molar-refractivity contribution in [1.29, 1.82) is 0 Å². The van der Waals surface area contributed by atoms with Crippen LogP contribution < -0.4 is 5.32 Å². The summed E-state index contributed by atoms with van der Waals surface area (Å²) in [6, 6.07) is 7.81. The number of nitrogens with one attached hydrogen (secondary N) is 3. The van der Waals surface area contributed by atoms with E-state index in [1.807, 2.05) is 38.5 Å². The van der Waals surface area contributed by atoms with Crippen molar-refractivity contribution in [2.24, 2.45) is 0 Å². The van der Waals surface area contributed by atoms with Crippen LogP contribution in [0.1, 0.15) is 0 Å². The number of nitrogens with zero attached hydrogens (tertiary/aromatic N) is 5. The number of fused-ring (bicyclic) bond motifs is 2. The van der Waals surface area contributed by atoms with E-state index in [-0.39, 0.29) is 12.5 Å². The quantitative estimate of drug-likeness (QED) is 0.325. The Labute approximate surface area is 205 Å². The van der Waals surface area contributed by atoms with Gasteiger partial charge in [0.25, 0.3) is 0 Å². The second-order valence-electron chi connectivity index (χ2n) is 8.78. The molecule has 0 saturated heterocycles. The van der Waals surface area contributed by atoms with Crippen molar-refractivity contribution >= 4 is 33.4 Å². The van der Waals surface area contributed by atoms with E-state index in [1.54, 1.807) is 42.2 Å². The van der Waals surface area contributed by atoms with Gasteiger partial charge < -0.3 is 19.6 Å². The Hall–Kier alpha value is -4.83. The molecule has 0 aliphatic heterocycles. The second kappa shape index (κ2) is 8.75. The van der Waals surface area contributed by atoms with Gasteiger partial charge in [-0.25, -0.2) is 0 Å². The molecular weight excluding hydrogens is 456 g/mol. The minimum absolute atomic E-state index is 0.109. The van der Waals surface area contributed by atoms with Crippen molar-refractivity contribution in [3.05, 3.63) is 67.8 Å². The highest BCUT2D eigenvalue weighted by Crippen LogP contribution is 2.34. The number of H-pyrrole nitrogens is 2. The lowest BCUT2D eigenvalue weighted by molar-refractivity contribution is -0.116. The van der Waals surface area contributed by atoms with Gasteiger partial charge >= 0.3 is 0 Å². The first-order chi connectivity index (χ1) is 17.5. The number of aromatic amines is 2. The lowest BCUT2D eigenvalue weighted by Crippen LogP contribution is -2.27. The van der Waals surface area contributed by atoms with Crippen molar-refractivity contribution in [3.8, 4) is 33.8 Å². The van der Waals surface area contributed by atoms with Crippen LogP contribution in [0.25, 0.3) is 55.6 Å². The van der Waals surface area contributed by atoms with Crippen molar-refractivity contribution in [2.45, 2.75) is 0 Å². The van der Waals surface area contributed by atoms with Gasteiger partial charge in [-0.3, -0.25) is 24.8 Å². The topological polar surface area (TPSA) is 129 Å². The number of hydrogen-bond donors (Lipinski definition) is 3. The highest BCUT2D eigenvalue weighted by Gasteiger charge is 2.16. The Morgan fingerprint density at radius 1 is 1.00 bits per heavy atom. The number of carbonyl (C=O) groups is 1. The van der Waals surface area contributed by atoms with Crippen LogP contribution in [0, 0.1) is 0 Å². The number of likely N-dealkylation sites (N-methyl/N-ethyl adjacent to an activating group) is 1. The number of furan rings is 1. The van der Waals surface area contributed by atoms with Crippen LogP contribution in [0.2, 0.25) is 0 Å². The molecule has 0 saturated carbocycles. The number of carbonyl (C=O) groups excluding carboxylic acids is 1. The van der Waals surface area contributed by atoms with Crippen LogP contribution in [-0.2, 0) is 4.79 Å². The molecule has 178 valence electrons. The van der Waals surface area contributed by atoms with E-state index in [9.17, 15) is 4.79 Å². The Morgan fingerprint density at radius 2 is 1.89 bits per heavy atom. The number of hydrogen-bond acceptors (Lipinski definition) is 7. The third-order valence-corrected chi connectivity index (χ3v) is 5.86. The van der Waals surface area contributed by atoms with E-state index >= 15 is 0 Å². The fraction of sp³-hybridized carbons (Fsp3) is 0.115. The number of aromatic nitrogens is 6. The molecule has 0 unspecified atom stereocenters. The lowest BCUT2D eigenvalue weighted by atomic mass is 10.1. The average molecular weight is 479 g/mol. The average Bonchev–Trinajstić information content (AvgIpc) is 3.62. The van der Waals surface area contributed by atoms with Crippen molar-refractivity contribution < 1.29 is 9.21 Å². The van der Waals surface area contributed by atoms with Crippen LogP contribution >= 0.6 is 0 Å². The second-order valence-corrected chi connectivity index (χ2v) is 8.78. The molecule has 6 aromatic rings.